The van der Waals surface area contributed by atoms with E-state index in [2.05, 4.69) is 15.5 Å². The van der Waals surface area contributed by atoms with E-state index >= 15 is 0 Å². The highest BCUT2D eigenvalue weighted by Crippen LogP contribution is 2.68. The van der Waals surface area contributed by atoms with E-state index in [0.717, 1.165) is 29.7 Å². The molecule has 192 valence electrons. The molecule has 0 unspecified atom stereocenters. The van der Waals surface area contributed by atoms with Crippen LogP contribution in [-0.2, 0) is 20.5 Å². The predicted octanol–water partition coefficient (Wildman–Crippen LogP) is 4.41. The number of amides is 2. The molecule has 4 aliphatic heterocycles. The first-order valence-electron chi connectivity index (χ1n) is 13.3. The Morgan fingerprint density at radius 2 is 1.74 bits per heavy atom. The van der Waals surface area contributed by atoms with Crippen molar-refractivity contribution in [1.29, 1.82) is 0 Å². The molecule has 7 heteroatoms. The standard InChI is InChI=1S/C31H29N3O4/c1-3-38-24-16-7-4-11-19(24)27(35)25-23-15-9-17-34(23)31(21-13-8-10-18(2)26(21)33-29(31)37)30(25)20-12-5-6-14-22(20)32-28(30)36/h4-8,10-14,16,23,25H,3,9,15,17H2,1-2H3,(H,32,36)(H,33,37)/t23-,25+,30+,31-/m1/s1. The Hall–Kier alpha value is -3.97. The van der Waals surface area contributed by atoms with Gasteiger partial charge in [0.25, 0.3) is 5.91 Å². The Morgan fingerprint density at radius 3 is 2.58 bits per heavy atom. The maximum absolute atomic E-state index is 14.8. The van der Waals surface area contributed by atoms with Crippen LogP contribution in [0.1, 0.15) is 46.8 Å². The van der Waals surface area contributed by atoms with E-state index in [-0.39, 0.29) is 23.6 Å². The first-order valence-corrected chi connectivity index (χ1v) is 13.3. The number of carbonyl (C=O) groups is 3. The third kappa shape index (κ3) is 2.55. The van der Waals surface area contributed by atoms with Crippen LogP contribution in [0.5, 0.6) is 5.75 Å². The molecule has 2 amide bonds. The Balaban J connectivity index is 1.58. The third-order valence-corrected chi connectivity index (χ3v) is 9.07. The molecule has 3 aromatic rings. The zero-order valence-corrected chi connectivity index (χ0v) is 21.4. The zero-order valence-electron chi connectivity index (χ0n) is 21.4. The molecule has 38 heavy (non-hydrogen) atoms. The van der Waals surface area contributed by atoms with Gasteiger partial charge in [0, 0.05) is 23.0 Å². The highest BCUT2D eigenvalue weighted by Gasteiger charge is 2.81. The van der Waals surface area contributed by atoms with Crippen LogP contribution in [0, 0.1) is 12.8 Å². The van der Waals surface area contributed by atoms with Crippen LogP contribution in [0.2, 0.25) is 0 Å². The van der Waals surface area contributed by atoms with Crippen molar-refractivity contribution >= 4 is 29.0 Å². The first kappa shape index (κ1) is 23.2. The van der Waals surface area contributed by atoms with E-state index in [0.29, 0.717) is 35.7 Å². The van der Waals surface area contributed by atoms with Crippen LogP contribution in [-0.4, -0.2) is 41.7 Å². The molecule has 4 heterocycles. The minimum Gasteiger partial charge on any atom is -0.493 e. The van der Waals surface area contributed by atoms with Crippen LogP contribution >= 0.6 is 0 Å². The molecule has 0 saturated carbocycles. The maximum Gasteiger partial charge on any atom is 0.251 e. The molecule has 0 aliphatic carbocycles. The molecule has 0 aromatic heterocycles. The van der Waals surface area contributed by atoms with Crippen LogP contribution in [0.25, 0.3) is 0 Å². The number of ether oxygens (including phenoxy) is 1. The third-order valence-electron chi connectivity index (χ3n) is 9.07. The minimum absolute atomic E-state index is 0.163. The van der Waals surface area contributed by atoms with E-state index in [9.17, 15) is 14.4 Å². The van der Waals surface area contributed by atoms with Crippen molar-refractivity contribution < 1.29 is 19.1 Å². The molecular weight excluding hydrogens is 478 g/mol. The van der Waals surface area contributed by atoms with Gasteiger partial charge >= 0.3 is 0 Å². The number of para-hydroxylation sites is 3. The fourth-order valence-electron chi connectivity index (χ4n) is 7.87. The Morgan fingerprint density at radius 1 is 0.974 bits per heavy atom. The van der Waals surface area contributed by atoms with Gasteiger partial charge in [-0.25, -0.2) is 0 Å². The molecule has 4 atom stereocenters. The van der Waals surface area contributed by atoms with Crippen molar-refractivity contribution in [2.75, 3.05) is 23.8 Å². The summed E-state index contributed by atoms with van der Waals surface area (Å²) in [6.45, 7) is 4.89. The largest absolute Gasteiger partial charge is 0.493 e. The molecule has 0 bridgehead atoms. The average molecular weight is 508 g/mol. The fraction of sp³-hybridized carbons (Fsp3) is 0.323. The van der Waals surface area contributed by atoms with Crippen molar-refractivity contribution in [3.8, 4) is 5.75 Å². The van der Waals surface area contributed by atoms with Crippen LogP contribution in [0.3, 0.4) is 0 Å². The van der Waals surface area contributed by atoms with Crippen LogP contribution in [0.15, 0.2) is 66.7 Å². The topological polar surface area (TPSA) is 87.7 Å². The van der Waals surface area contributed by atoms with Gasteiger partial charge in [0.2, 0.25) is 5.91 Å². The average Bonchev–Trinajstić information content (AvgIpc) is 3.64. The quantitative estimate of drug-likeness (QED) is 0.511. The molecule has 2 spiro atoms. The van der Waals surface area contributed by atoms with Gasteiger partial charge in [0.1, 0.15) is 16.7 Å². The van der Waals surface area contributed by atoms with Gasteiger partial charge in [-0.15, -0.1) is 0 Å². The SMILES string of the molecule is CCOc1ccccc1C(=O)[C@@H]1[C@H]2CCCN2[C@]2(C(=O)Nc3c(C)cccc32)[C@]12C(=O)Nc1ccccc12. The van der Waals surface area contributed by atoms with Crippen molar-refractivity contribution in [1.82, 2.24) is 4.90 Å². The lowest BCUT2D eigenvalue weighted by molar-refractivity contribution is -0.137. The predicted molar refractivity (Wildman–Crippen MR) is 143 cm³/mol. The summed E-state index contributed by atoms with van der Waals surface area (Å²) in [6.07, 6.45) is 1.57. The number of fused-ring (bicyclic) bond motifs is 7. The number of hydrogen-bond acceptors (Lipinski definition) is 5. The second kappa shape index (κ2) is 8.01. The molecule has 7 rings (SSSR count). The summed E-state index contributed by atoms with van der Waals surface area (Å²) in [4.78, 5) is 46.0. The molecule has 4 aliphatic rings. The maximum atomic E-state index is 14.8. The second-order valence-electron chi connectivity index (χ2n) is 10.6. The first-order chi connectivity index (χ1) is 18.5. The number of benzene rings is 3. The van der Waals surface area contributed by atoms with Gasteiger partial charge in [-0.3, -0.25) is 19.3 Å². The molecule has 0 radical (unpaired) electrons. The lowest BCUT2D eigenvalue weighted by Gasteiger charge is -2.43. The number of aryl methyl sites for hydroxylation is 1. The highest BCUT2D eigenvalue weighted by atomic mass is 16.5. The van der Waals surface area contributed by atoms with Gasteiger partial charge in [-0.1, -0.05) is 48.5 Å². The van der Waals surface area contributed by atoms with Gasteiger partial charge in [-0.05, 0) is 62.6 Å². The summed E-state index contributed by atoms with van der Waals surface area (Å²) in [5.41, 5.74) is 1.45. The van der Waals surface area contributed by atoms with Crippen molar-refractivity contribution in [3.05, 3.63) is 89.0 Å². The number of carbonyl (C=O) groups excluding carboxylic acids is 3. The Labute approximate surface area is 221 Å². The Kier molecular flexibility index (Phi) is 4.89. The van der Waals surface area contributed by atoms with E-state index in [1.807, 2.05) is 68.4 Å². The normalized spacial score (nSPS) is 28.8. The summed E-state index contributed by atoms with van der Waals surface area (Å²) in [5.74, 6) is -0.991. The van der Waals surface area contributed by atoms with Gasteiger partial charge < -0.3 is 15.4 Å². The number of hydrogen-bond donors (Lipinski definition) is 2. The summed E-state index contributed by atoms with van der Waals surface area (Å²) >= 11 is 0. The van der Waals surface area contributed by atoms with Crippen molar-refractivity contribution in [2.24, 2.45) is 5.92 Å². The molecule has 7 nitrogen and oxygen atoms in total. The lowest BCUT2D eigenvalue weighted by atomic mass is 9.57. The van der Waals surface area contributed by atoms with Gasteiger partial charge in [0.15, 0.2) is 5.78 Å². The summed E-state index contributed by atoms with van der Waals surface area (Å²) in [7, 11) is 0. The Bertz CT molecular complexity index is 1530. The summed E-state index contributed by atoms with van der Waals surface area (Å²) < 4.78 is 5.87. The lowest BCUT2D eigenvalue weighted by Crippen LogP contribution is -2.62. The highest BCUT2D eigenvalue weighted by molar-refractivity contribution is 6.21. The second-order valence-corrected chi connectivity index (χ2v) is 10.6. The monoisotopic (exact) mass is 507 g/mol. The van der Waals surface area contributed by atoms with Crippen molar-refractivity contribution in [2.45, 2.75) is 43.7 Å². The van der Waals surface area contributed by atoms with Crippen LogP contribution < -0.4 is 15.4 Å². The summed E-state index contributed by atoms with van der Waals surface area (Å²) in [6, 6.07) is 20.3. The van der Waals surface area contributed by atoms with Gasteiger partial charge in [0.05, 0.1) is 18.1 Å². The van der Waals surface area contributed by atoms with Gasteiger partial charge in [-0.2, -0.15) is 0 Å². The van der Waals surface area contributed by atoms with E-state index < -0.39 is 16.9 Å². The molecular formula is C31H29N3O4. The van der Waals surface area contributed by atoms with Crippen molar-refractivity contribution in [3.63, 3.8) is 0 Å². The molecule has 3 aromatic carbocycles. The summed E-state index contributed by atoms with van der Waals surface area (Å²) in [5, 5.41) is 6.23. The molecule has 2 fully saturated rings. The zero-order chi connectivity index (χ0) is 26.2. The van der Waals surface area contributed by atoms with E-state index in [1.54, 1.807) is 12.1 Å². The van der Waals surface area contributed by atoms with E-state index in [4.69, 9.17) is 4.74 Å². The number of ketones is 1. The molecule has 2 N–H and O–H groups in total. The van der Waals surface area contributed by atoms with E-state index in [1.165, 1.54) is 0 Å². The number of anilines is 2. The number of nitrogens with zero attached hydrogens (tertiary/aromatic N) is 1. The fourth-order valence-corrected chi connectivity index (χ4v) is 7.87. The smallest absolute Gasteiger partial charge is 0.251 e. The number of Topliss-reactive ketones (excluding diaryl/α,β-unsaturated/α-hetero) is 1. The van der Waals surface area contributed by atoms with Crippen LogP contribution in [0.4, 0.5) is 11.4 Å². The number of nitrogens with one attached hydrogen (secondary N) is 2. The number of rotatable bonds is 4. The minimum atomic E-state index is -1.45. The molecule has 2 saturated heterocycles.